The number of halogens is 4. The molecule has 0 aliphatic heterocycles. The minimum atomic E-state index is -1.70. The third-order valence-corrected chi connectivity index (χ3v) is 3.24. The highest BCUT2D eigenvalue weighted by molar-refractivity contribution is 6.67. The van der Waals surface area contributed by atoms with Crippen molar-refractivity contribution in [3.63, 3.8) is 0 Å². The molecule has 25 heavy (non-hydrogen) atoms. The van der Waals surface area contributed by atoms with Crippen molar-refractivity contribution >= 4 is 58.2 Å². The Morgan fingerprint density at radius 1 is 1.20 bits per heavy atom. The fourth-order valence-corrected chi connectivity index (χ4v) is 1.93. The molecule has 4 N–H and O–H groups in total. The topological polar surface area (TPSA) is 89.3 Å². The van der Waals surface area contributed by atoms with Crippen molar-refractivity contribution in [2.24, 2.45) is 0 Å². The van der Waals surface area contributed by atoms with Gasteiger partial charge in [-0.1, -0.05) is 46.9 Å². The minimum Gasteiger partial charge on any atom is -0.445 e. The van der Waals surface area contributed by atoms with Gasteiger partial charge in [0.15, 0.2) is 0 Å². The fourth-order valence-electron chi connectivity index (χ4n) is 1.77. The SMILES string of the molecule is Nc1nc(NCc2ccc(F)cc2)ccc1NC(=O)OCC(Cl)(Cl)Cl. The van der Waals surface area contributed by atoms with Crippen molar-refractivity contribution in [2.45, 2.75) is 10.3 Å². The lowest BCUT2D eigenvalue weighted by Crippen LogP contribution is -2.21. The number of ether oxygens (including phenoxy) is 1. The van der Waals surface area contributed by atoms with Crippen LogP contribution < -0.4 is 16.4 Å². The number of carbonyl (C=O) groups excluding carboxylic acids is 1. The number of aromatic nitrogens is 1. The molecule has 0 saturated heterocycles. The van der Waals surface area contributed by atoms with E-state index in [9.17, 15) is 9.18 Å². The lowest BCUT2D eigenvalue weighted by Gasteiger charge is -2.13. The largest absolute Gasteiger partial charge is 0.445 e. The number of hydrogen-bond acceptors (Lipinski definition) is 5. The van der Waals surface area contributed by atoms with Crippen LogP contribution in [0.15, 0.2) is 36.4 Å². The Kier molecular flexibility index (Phi) is 6.52. The molecule has 0 aliphatic carbocycles. The van der Waals surface area contributed by atoms with Gasteiger partial charge in [-0.05, 0) is 29.8 Å². The summed E-state index contributed by atoms with van der Waals surface area (Å²) in [6.07, 6.45) is -0.827. The third kappa shape index (κ3) is 6.81. The first-order valence-corrected chi connectivity index (χ1v) is 8.12. The molecule has 2 aromatic rings. The summed E-state index contributed by atoms with van der Waals surface area (Å²) >= 11 is 16.5. The van der Waals surface area contributed by atoms with Gasteiger partial charge in [0.1, 0.15) is 24.1 Å². The Labute approximate surface area is 158 Å². The van der Waals surface area contributed by atoms with E-state index in [1.54, 1.807) is 24.3 Å². The number of pyridine rings is 1. The number of nitrogens with two attached hydrogens (primary N) is 1. The van der Waals surface area contributed by atoms with Gasteiger partial charge in [-0.15, -0.1) is 0 Å². The zero-order valence-corrected chi connectivity index (χ0v) is 15.0. The average Bonchev–Trinajstić information content (AvgIpc) is 2.54. The quantitative estimate of drug-likeness (QED) is 0.642. The number of alkyl halides is 3. The highest BCUT2D eigenvalue weighted by Crippen LogP contribution is 2.26. The molecule has 1 aromatic heterocycles. The minimum absolute atomic E-state index is 0.0786. The summed E-state index contributed by atoms with van der Waals surface area (Å²) < 4.78 is 15.9. The van der Waals surface area contributed by atoms with E-state index >= 15 is 0 Å². The number of nitrogens with zero attached hydrogens (tertiary/aromatic N) is 1. The van der Waals surface area contributed by atoms with E-state index in [1.165, 1.54) is 12.1 Å². The van der Waals surface area contributed by atoms with E-state index in [1.807, 2.05) is 0 Å². The van der Waals surface area contributed by atoms with E-state index in [0.717, 1.165) is 5.56 Å². The van der Waals surface area contributed by atoms with Crippen molar-refractivity contribution < 1.29 is 13.9 Å². The van der Waals surface area contributed by atoms with E-state index in [4.69, 9.17) is 45.3 Å². The van der Waals surface area contributed by atoms with Gasteiger partial charge in [0.2, 0.25) is 3.79 Å². The maximum absolute atomic E-state index is 12.9. The first-order valence-electron chi connectivity index (χ1n) is 6.98. The van der Waals surface area contributed by atoms with E-state index in [0.29, 0.717) is 12.4 Å². The predicted octanol–water partition coefficient (Wildman–Crippen LogP) is 4.33. The van der Waals surface area contributed by atoms with Crippen LogP contribution in [0.3, 0.4) is 0 Å². The van der Waals surface area contributed by atoms with Crippen LogP contribution in [0.4, 0.5) is 26.5 Å². The van der Waals surface area contributed by atoms with Crippen molar-refractivity contribution in [3.8, 4) is 0 Å². The van der Waals surface area contributed by atoms with Crippen molar-refractivity contribution in [3.05, 3.63) is 47.8 Å². The third-order valence-electron chi connectivity index (χ3n) is 2.92. The van der Waals surface area contributed by atoms with Gasteiger partial charge in [0, 0.05) is 6.54 Å². The smallest absolute Gasteiger partial charge is 0.411 e. The molecule has 6 nitrogen and oxygen atoms in total. The lowest BCUT2D eigenvalue weighted by atomic mass is 10.2. The highest BCUT2D eigenvalue weighted by atomic mass is 35.6. The van der Waals surface area contributed by atoms with E-state index in [2.05, 4.69) is 15.6 Å². The first kappa shape index (κ1) is 19.4. The Bertz CT molecular complexity index is 739. The maximum Gasteiger partial charge on any atom is 0.411 e. The molecule has 0 saturated carbocycles. The zero-order valence-electron chi connectivity index (χ0n) is 12.7. The Hall–Kier alpha value is -1.96. The molecule has 0 aliphatic rings. The number of rotatable bonds is 5. The summed E-state index contributed by atoms with van der Waals surface area (Å²) in [5.74, 6) is 0.264. The second-order valence-corrected chi connectivity index (χ2v) is 7.44. The van der Waals surface area contributed by atoms with Crippen LogP contribution in [0, 0.1) is 5.82 Å². The zero-order chi connectivity index (χ0) is 18.4. The maximum atomic E-state index is 12.9. The number of carbonyl (C=O) groups is 1. The fraction of sp³-hybridized carbons (Fsp3) is 0.200. The van der Waals surface area contributed by atoms with Crippen molar-refractivity contribution in [2.75, 3.05) is 23.0 Å². The molecule has 1 amide bonds. The molecule has 0 radical (unpaired) electrons. The summed E-state index contributed by atoms with van der Waals surface area (Å²) in [6, 6.07) is 9.21. The van der Waals surface area contributed by atoms with Gasteiger partial charge >= 0.3 is 6.09 Å². The number of anilines is 3. The number of nitrogens with one attached hydrogen (secondary N) is 2. The molecule has 2 rings (SSSR count). The molecule has 0 spiro atoms. The van der Waals surface area contributed by atoms with Gasteiger partial charge in [-0.2, -0.15) is 0 Å². The molecule has 1 heterocycles. The van der Waals surface area contributed by atoms with Gasteiger partial charge in [0.25, 0.3) is 0 Å². The molecular weight excluding hydrogens is 394 g/mol. The van der Waals surface area contributed by atoms with Crippen LogP contribution in [-0.4, -0.2) is 21.5 Å². The predicted molar refractivity (Wildman–Crippen MR) is 97.6 cm³/mol. The van der Waals surface area contributed by atoms with Gasteiger partial charge in [0.05, 0.1) is 5.69 Å². The van der Waals surface area contributed by atoms with E-state index in [-0.39, 0.29) is 17.3 Å². The molecule has 10 heteroatoms. The summed E-state index contributed by atoms with van der Waals surface area (Å²) in [6.45, 7) is 0.0267. The highest BCUT2D eigenvalue weighted by Gasteiger charge is 2.22. The molecule has 0 bridgehead atoms. The second-order valence-electron chi connectivity index (χ2n) is 4.93. The standard InChI is InChI=1S/C15H14Cl3FN4O2/c16-15(17,18)8-25-14(24)22-11-5-6-12(23-13(11)20)21-7-9-1-3-10(19)4-2-9/h1-6H,7-8H2,(H,22,24)(H3,20,21,23). The van der Waals surface area contributed by atoms with Gasteiger partial charge in [-0.3, -0.25) is 5.32 Å². The Morgan fingerprint density at radius 2 is 1.88 bits per heavy atom. The first-order chi connectivity index (χ1) is 11.7. The Morgan fingerprint density at radius 3 is 2.48 bits per heavy atom. The van der Waals surface area contributed by atoms with E-state index < -0.39 is 16.5 Å². The summed E-state index contributed by atoms with van der Waals surface area (Å²) in [4.78, 5) is 15.7. The van der Waals surface area contributed by atoms with Crippen LogP contribution in [0.5, 0.6) is 0 Å². The molecule has 0 atom stereocenters. The molecule has 1 aromatic carbocycles. The normalized spacial score (nSPS) is 11.0. The second kappa shape index (κ2) is 8.42. The number of benzene rings is 1. The van der Waals surface area contributed by atoms with Crippen LogP contribution in [0.1, 0.15) is 5.56 Å². The van der Waals surface area contributed by atoms with Crippen LogP contribution in [0.25, 0.3) is 0 Å². The number of nitrogen functional groups attached to an aromatic ring is 1. The van der Waals surface area contributed by atoms with Crippen molar-refractivity contribution in [1.82, 2.24) is 4.98 Å². The molecule has 0 fully saturated rings. The van der Waals surface area contributed by atoms with Gasteiger partial charge in [-0.25, -0.2) is 14.2 Å². The summed E-state index contributed by atoms with van der Waals surface area (Å²) in [5.41, 5.74) is 6.92. The molecule has 0 unspecified atom stereocenters. The van der Waals surface area contributed by atoms with Crippen LogP contribution in [0.2, 0.25) is 0 Å². The Balaban J connectivity index is 1.91. The summed E-state index contributed by atoms with van der Waals surface area (Å²) in [5, 5.41) is 5.43. The molecule has 134 valence electrons. The monoisotopic (exact) mass is 406 g/mol. The van der Waals surface area contributed by atoms with Crippen LogP contribution in [-0.2, 0) is 11.3 Å². The lowest BCUT2D eigenvalue weighted by molar-refractivity contribution is 0.164. The van der Waals surface area contributed by atoms with Gasteiger partial charge < -0.3 is 15.8 Å². The van der Waals surface area contributed by atoms with Crippen molar-refractivity contribution in [1.29, 1.82) is 0 Å². The number of amides is 1. The van der Waals surface area contributed by atoms with Crippen LogP contribution >= 0.6 is 34.8 Å². The number of hydrogen-bond donors (Lipinski definition) is 3. The molecular formula is C15H14Cl3FN4O2. The summed E-state index contributed by atoms with van der Waals surface area (Å²) in [7, 11) is 0. The average molecular weight is 408 g/mol.